The average Bonchev–Trinajstić information content (AvgIpc) is 3.15. The normalized spacial score (nSPS) is 17.4. The maximum Gasteiger partial charge on any atom is 0.145 e. The van der Waals surface area contributed by atoms with Crippen molar-refractivity contribution in [3.63, 3.8) is 0 Å². The van der Waals surface area contributed by atoms with Crippen molar-refractivity contribution in [2.45, 2.75) is 45.1 Å². The zero-order valence-corrected chi connectivity index (χ0v) is 17.0. The Bertz CT molecular complexity index is 798. The van der Waals surface area contributed by atoms with Gasteiger partial charge in [-0.05, 0) is 25.5 Å². The van der Waals surface area contributed by atoms with E-state index in [0.29, 0.717) is 37.3 Å². The van der Waals surface area contributed by atoms with E-state index >= 15 is 0 Å². The molecule has 2 atom stereocenters. The lowest BCUT2D eigenvalue weighted by molar-refractivity contribution is -0.0194. The Morgan fingerprint density at radius 3 is 2.62 bits per heavy atom. The summed E-state index contributed by atoms with van der Waals surface area (Å²) in [5, 5.41) is 14.5. The van der Waals surface area contributed by atoms with Crippen LogP contribution in [0.25, 0.3) is 0 Å². The van der Waals surface area contributed by atoms with Crippen molar-refractivity contribution in [2.24, 2.45) is 5.16 Å². The highest BCUT2D eigenvalue weighted by Gasteiger charge is 2.27. The van der Waals surface area contributed by atoms with Crippen LogP contribution < -0.4 is 0 Å². The van der Waals surface area contributed by atoms with Gasteiger partial charge in [0.25, 0.3) is 0 Å². The molecule has 0 fully saturated rings. The molecule has 1 aliphatic heterocycles. The second-order valence-electron chi connectivity index (χ2n) is 7.66. The standard InChI is InChI=1S/C23H29FN2O3/c1-17(2)28-16-19(27)14-26(13-18-8-4-3-5-9-18)15-20-12-23(25-29-20)21-10-6-7-11-22(21)24/h3-11,17,19-20,27H,12-16H2,1-2H3/t19-,20-/m1/s1. The lowest BCUT2D eigenvalue weighted by atomic mass is 10.0. The van der Waals surface area contributed by atoms with E-state index in [1.807, 2.05) is 32.0 Å². The number of hydrogen-bond acceptors (Lipinski definition) is 5. The molecule has 0 spiro atoms. The van der Waals surface area contributed by atoms with Crippen molar-refractivity contribution in [1.29, 1.82) is 0 Å². The molecule has 0 radical (unpaired) electrons. The molecular weight excluding hydrogens is 371 g/mol. The van der Waals surface area contributed by atoms with Gasteiger partial charge in [-0.1, -0.05) is 53.7 Å². The molecule has 3 rings (SSSR count). The summed E-state index contributed by atoms with van der Waals surface area (Å²) in [4.78, 5) is 7.72. The topological polar surface area (TPSA) is 54.3 Å². The Hall–Kier alpha value is -2.28. The first kappa shape index (κ1) is 21.4. The van der Waals surface area contributed by atoms with Crippen molar-refractivity contribution in [1.82, 2.24) is 4.90 Å². The molecule has 6 heteroatoms. The van der Waals surface area contributed by atoms with Gasteiger partial charge in [0.1, 0.15) is 11.9 Å². The van der Waals surface area contributed by atoms with Gasteiger partial charge in [-0.3, -0.25) is 4.90 Å². The van der Waals surface area contributed by atoms with Crippen LogP contribution in [0.5, 0.6) is 0 Å². The average molecular weight is 400 g/mol. The Labute approximate surface area is 171 Å². The Balaban J connectivity index is 1.61. The molecule has 0 saturated heterocycles. The lowest BCUT2D eigenvalue weighted by Gasteiger charge is -2.27. The van der Waals surface area contributed by atoms with Gasteiger partial charge in [0, 0.05) is 31.6 Å². The summed E-state index contributed by atoms with van der Waals surface area (Å²) < 4.78 is 19.6. The van der Waals surface area contributed by atoms with Crippen molar-refractivity contribution in [3.05, 3.63) is 71.5 Å². The minimum atomic E-state index is -0.602. The van der Waals surface area contributed by atoms with Crippen LogP contribution in [0.2, 0.25) is 0 Å². The van der Waals surface area contributed by atoms with E-state index in [2.05, 4.69) is 22.2 Å². The number of oxime groups is 1. The van der Waals surface area contributed by atoms with E-state index in [1.54, 1.807) is 18.2 Å². The lowest BCUT2D eigenvalue weighted by Crippen LogP contribution is -2.39. The third kappa shape index (κ3) is 6.63. The first-order valence-corrected chi connectivity index (χ1v) is 10.0. The molecule has 1 aliphatic rings. The second kappa shape index (κ2) is 10.5. The minimum Gasteiger partial charge on any atom is -0.390 e. The van der Waals surface area contributed by atoms with Gasteiger partial charge in [-0.25, -0.2) is 4.39 Å². The molecule has 29 heavy (non-hydrogen) atoms. The summed E-state index contributed by atoms with van der Waals surface area (Å²) >= 11 is 0. The van der Waals surface area contributed by atoms with Crippen LogP contribution in [0.4, 0.5) is 4.39 Å². The van der Waals surface area contributed by atoms with Crippen molar-refractivity contribution < 1.29 is 19.1 Å². The fourth-order valence-corrected chi connectivity index (χ4v) is 3.37. The number of aliphatic hydroxyl groups excluding tert-OH is 1. The maximum atomic E-state index is 14.0. The van der Waals surface area contributed by atoms with Gasteiger partial charge >= 0.3 is 0 Å². The van der Waals surface area contributed by atoms with E-state index in [0.717, 1.165) is 5.56 Å². The van der Waals surface area contributed by atoms with Gasteiger partial charge in [0.2, 0.25) is 0 Å². The molecule has 1 heterocycles. The number of halogens is 1. The molecule has 0 bridgehead atoms. The highest BCUT2D eigenvalue weighted by atomic mass is 19.1. The smallest absolute Gasteiger partial charge is 0.145 e. The predicted octanol–water partition coefficient (Wildman–Crippen LogP) is 3.61. The van der Waals surface area contributed by atoms with Gasteiger partial charge in [-0.2, -0.15) is 0 Å². The van der Waals surface area contributed by atoms with E-state index in [9.17, 15) is 9.50 Å². The third-order valence-corrected chi connectivity index (χ3v) is 4.72. The van der Waals surface area contributed by atoms with Crippen LogP contribution in [0.3, 0.4) is 0 Å². The summed E-state index contributed by atoms with van der Waals surface area (Å²) in [6, 6.07) is 16.7. The molecule has 0 aliphatic carbocycles. The minimum absolute atomic E-state index is 0.0714. The molecule has 156 valence electrons. The number of rotatable bonds is 10. The SMILES string of the molecule is CC(C)OC[C@H](O)CN(Cc1ccccc1)C[C@H]1CC(c2ccccc2F)=NO1. The Morgan fingerprint density at radius 1 is 1.17 bits per heavy atom. The molecule has 0 aromatic heterocycles. The van der Waals surface area contributed by atoms with Crippen LogP contribution >= 0.6 is 0 Å². The number of benzene rings is 2. The summed E-state index contributed by atoms with van der Waals surface area (Å²) in [6.45, 7) is 5.89. The van der Waals surface area contributed by atoms with E-state index in [4.69, 9.17) is 9.57 Å². The molecule has 2 aromatic carbocycles. The van der Waals surface area contributed by atoms with Crippen molar-refractivity contribution in [2.75, 3.05) is 19.7 Å². The molecule has 0 amide bonds. The second-order valence-corrected chi connectivity index (χ2v) is 7.66. The maximum absolute atomic E-state index is 14.0. The van der Waals surface area contributed by atoms with Gasteiger partial charge in [0.05, 0.1) is 24.5 Å². The fourth-order valence-electron chi connectivity index (χ4n) is 3.37. The van der Waals surface area contributed by atoms with Gasteiger partial charge in [0.15, 0.2) is 0 Å². The van der Waals surface area contributed by atoms with Gasteiger partial charge < -0.3 is 14.7 Å². The van der Waals surface area contributed by atoms with Crippen LogP contribution in [-0.4, -0.2) is 53.7 Å². The summed E-state index contributed by atoms with van der Waals surface area (Å²) in [5.41, 5.74) is 2.25. The monoisotopic (exact) mass is 400 g/mol. The van der Waals surface area contributed by atoms with E-state index in [1.165, 1.54) is 6.07 Å². The molecule has 0 unspecified atom stereocenters. The number of hydrogen-bond donors (Lipinski definition) is 1. The Kier molecular flexibility index (Phi) is 7.75. The molecular formula is C23H29FN2O3. The first-order valence-electron chi connectivity index (χ1n) is 10.0. The largest absolute Gasteiger partial charge is 0.390 e. The van der Waals surface area contributed by atoms with Crippen LogP contribution in [-0.2, 0) is 16.1 Å². The summed E-state index contributed by atoms with van der Waals surface area (Å²) in [6.07, 6.45) is -0.187. The fraction of sp³-hybridized carbons (Fsp3) is 0.435. The molecule has 5 nitrogen and oxygen atoms in total. The van der Waals surface area contributed by atoms with Gasteiger partial charge in [-0.15, -0.1) is 0 Å². The Morgan fingerprint density at radius 2 is 1.90 bits per heavy atom. The zero-order chi connectivity index (χ0) is 20.6. The van der Waals surface area contributed by atoms with Crippen molar-refractivity contribution in [3.8, 4) is 0 Å². The number of aliphatic hydroxyl groups is 1. The van der Waals surface area contributed by atoms with Crippen molar-refractivity contribution >= 4 is 5.71 Å². The summed E-state index contributed by atoms with van der Waals surface area (Å²) in [5.74, 6) is -0.294. The van der Waals surface area contributed by atoms with Crippen LogP contribution in [0, 0.1) is 5.82 Å². The highest BCUT2D eigenvalue weighted by Crippen LogP contribution is 2.20. The quantitative estimate of drug-likeness (QED) is 0.662. The number of nitrogens with zero attached hydrogens (tertiary/aromatic N) is 2. The molecule has 1 N–H and O–H groups in total. The van der Waals surface area contributed by atoms with E-state index in [-0.39, 0.29) is 24.6 Å². The van der Waals surface area contributed by atoms with Crippen LogP contribution in [0.1, 0.15) is 31.4 Å². The zero-order valence-electron chi connectivity index (χ0n) is 17.0. The molecule has 0 saturated carbocycles. The highest BCUT2D eigenvalue weighted by molar-refractivity contribution is 6.01. The number of ether oxygens (including phenoxy) is 1. The van der Waals surface area contributed by atoms with Crippen LogP contribution in [0.15, 0.2) is 59.8 Å². The third-order valence-electron chi connectivity index (χ3n) is 4.72. The first-order chi connectivity index (χ1) is 14.0. The predicted molar refractivity (Wildman–Crippen MR) is 111 cm³/mol. The molecule has 2 aromatic rings. The summed E-state index contributed by atoms with van der Waals surface area (Å²) in [7, 11) is 0. The van der Waals surface area contributed by atoms with E-state index < -0.39 is 6.10 Å².